The van der Waals surface area contributed by atoms with Crippen LogP contribution in [0.3, 0.4) is 0 Å². The largest absolute Gasteiger partial charge is 0.477 e. The molecule has 0 bridgehead atoms. The Balaban J connectivity index is 1.33. The van der Waals surface area contributed by atoms with Gasteiger partial charge in [0.05, 0.1) is 15.6 Å². The molecule has 4 aromatic heterocycles. The van der Waals surface area contributed by atoms with Gasteiger partial charge in [-0.1, -0.05) is 6.92 Å². The van der Waals surface area contributed by atoms with Gasteiger partial charge in [-0.25, -0.2) is 18.6 Å². The predicted molar refractivity (Wildman–Crippen MR) is 153 cm³/mol. The molecule has 0 radical (unpaired) electrons. The number of hydrogen-bond donors (Lipinski definition) is 2. The van der Waals surface area contributed by atoms with Crippen molar-refractivity contribution >= 4 is 49.8 Å². The number of thiophene rings is 1. The van der Waals surface area contributed by atoms with E-state index in [1.54, 1.807) is 30.5 Å². The molecule has 2 aromatic carbocycles. The van der Waals surface area contributed by atoms with Crippen LogP contribution in [-0.2, 0) is 6.42 Å². The van der Waals surface area contributed by atoms with E-state index in [2.05, 4.69) is 15.3 Å². The number of ether oxygens (including phenoxy) is 1. The fourth-order valence-corrected chi connectivity index (χ4v) is 5.73. The maximum atomic E-state index is 15.2. The van der Waals surface area contributed by atoms with E-state index in [-0.39, 0.29) is 27.4 Å². The zero-order valence-electron chi connectivity index (χ0n) is 21.4. The maximum absolute atomic E-state index is 15.2. The van der Waals surface area contributed by atoms with Crippen molar-refractivity contribution in [2.24, 2.45) is 0 Å². The molecule has 8 nitrogen and oxygen atoms in total. The molecule has 0 aliphatic carbocycles. The van der Waals surface area contributed by atoms with Crippen LogP contribution in [0.4, 0.5) is 20.3 Å². The molecule has 2 N–H and O–H groups in total. The molecular formula is C30H20F2N4O4S. The molecule has 41 heavy (non-hydrogen) atoms. The summed E-state index contributed by atoms with van der Waals surface area (Å²) in [6, 6.07) is 14.7. The lowest BCUT2D eigenvalue weighted by molar-refractivity contribution is 0.0701. The van der Waals surface area contributed by atoms with Gasteiger partial charge in [-0.05, 0) is 60.3 Å². The number of carboxylic acids is 1. The van der Waals surface area contributed by atoms with Crippen molar-refractivity contribution < 1.29 is 23.4 Å². The zero-order valence-corrected chi connectivity index (χ0v) is 22.2. The van der Waals surface area contributed by atoms with E-state index in [1.165, 1.54) is 53.4 Å². The summed E-state index contributed by atoms with van der Waals surface area (Å²) in [4.78, 5) is 33.9. The maximum Gasteiger partial charge on any atom is 0.346 e. The molecule has 0 unspecified atom stereocenters. The first-order valence-electron chi connectivity index (χ1n) is 12.5. The summed E-state index contributed by atoms with van der Waals surface area (Å²) in [5.74, 6) is -1.71. The Morgan fingerprint density at radius 3 is 2.54 bits per heavy atom. The molecule has 0 saturated carbocycles. The quantitative estimate of drug-likeness (QED) is 0.211. The number of pyridine rings is 3. The first-order chi connectivity index (χ1) is 19.8. The third-order valence-corrected chi connectivity index (χ3v) is 7.74. The Hall–Kier alpha value is -5.16. The van der Waals surface area contributed by atoms with Gasteiger partial charge in [-0.15, -0.1) is 11.3 Å². The third kappa shape index (κ3) is 4.76. The molecule has 11 heteroatoms. The van der Waals surface area contributed by atoms with Gasteiger partial charge in [0.15, 0.2) is 11.6 Å². The number of aromatic carboxylic acids is 1. The number of carboxylic acid groups (broad SMARTS) is 1. The monoisotopic (exact) mass is 570 g/mol. The Bertz CT molecular complexity index is 2020. The van der Waals surface area contributed by atoms with Crippen LogP contribution in [0.2, 0.25) is 0 Å². The molecule has 0 amide bonds. The second-order valence-corrected chi connectivity index (χ2v) is 10.0. The minimum absolute atomic E-state index is 0.0732. The Morgan fingerprint density at radius 2 is 1.80 bits per heavy atom. The average Bonchev–Trinajstić information content (AvgIpc) is 3.35. The predicted octanol–water partition coefficient (Wildman–Crippen LogP) is 7.07. The highest BCUT2D eigenvalue weighted by Crippen LogP contribution is 2.39. The van der Waals surface area contributed by atoms with Gasteiger partial charge in [0, 0.05) is 47.7 Å². The SMILES string of the molecule is CCc1c(C(=O)O)sc2c(Oc3ccc(Nc4nccc5ccn(-c6ccc(F)cc6)c(=O)c45)cc3F)ccnc12. The molecule has 0 fully saturated rings. The molecule has 204 valence electrons. The number of fused-ring (bicyclic) bond motifs is 2. The van der Waals surface area contributed by atoms with Crippen LogP contribution in [0.25, 0.3) is 26.7 Å². The summed E-state index contributed by atoms with van der Waals surface area (Å²) in [6.45, 7) is 1.84. The van der Waals surface area contributed by atoms with Crippen molar-refractivity contribution in [2.45, 2.75) is 13.3 Å². The number of carbonyl (C=O) groups is 1. The van der Waals surface area contributed by atoms with Crippen molar-refractivity contribution in [3.05, 3.63) is 112 Å². The minimum Gasteiger partial charge on any atom is -0.477 e. The lowest BCUT2D eigenvalue weighted by Gasteiger charge is -2.13. The molecule has 4 heterocycles. The summed E-state index contributed by atoms with van der Waals surface area (Å²) in [5.41, 5.74) is 1.54. The van der Waals surface area contributed by atoms with Crippen LogP contribution >= 0.6 is 11.3 Å². The Kier molecular flexibility index (Phi) is 6.64. The van der Waals surface area contributed by atoms with Gasteiger partial charge in [0.1, 0.15) is 22.3 Å². The average molecular weight is 571 g/mol. The smallest absolute Gasteiger partial charge is 0.346 e. The molecular weight excluding hydrogens is 550 g/mol. The van der Waals surface area contributed by atoms with Gasteiger partial charge in [-0.3, -0.25) is 14.3 Å². The van der Waals surface area contributed by atoms with E-state index in [1.807, 2.05) is 6.92 Å². The third-order valence-electron chi connectivity index (χ3n) is 6.52. The number of rotatable bonds is 7. The molecule has 0 aliphatic heterocycles. The van der Waals surface area contributed by atoms with E-state index < -0.39 is 17.6 Å². The second kappa shape index (κ2) is 10.4. The van der Waals surface area contributed by atoms with Crippen LogP contribution in [0.1, 0.15) is 22.2 Å². The van der Waals surface area contributed by atoms with Crippen LogP contribution in [0.15, 0.2) is 84.0 Å². The fourth-order valence-electron chi connectivity index (χ4n) is 4.60. The molecule has 0 saturated heterocycles. The van der Waals surface area contributed by atoms with E-state index in [9.17, 15) is 19.1 Å². The normalized spacial score (nSPS) is 11.2. The lowest BCUT2D eigenvalue weighted by Crippen LogP contribution is -2.19. The number of aromatic nitrogens is 3. The van der Waals surface area contributed by atoms with Crippen LogP contribution in [0, 0.1) is 11.6 Å². The van der Waals surface area contributed by atoms with Crippen molar-refractivity contribution in [2.75, 3.05) is 5.32 Å². The molecule has 6 rings (SSSR count). The molecule has 0 aliphatic rings. The number of nitrogens with one attached hydrogen (secondary N) is 1. The van der Waals surface area contributed by atoms with Crippen LogP contribution in [0.5, 0.6) is 11.5 Å². The highest BCUT2D eigenvalue weighted by Gasteiger charge is 2.21. The summed E-state index contributed by atoms with van der Waals surface area (Å²) in [7, 11) is 0. The first kappa shape index (κ1) is 26.1. The number of nitrogens with zero attached hydrogens (tertiary/aromatic N) is 3. The Morgan fingerprint density at radius 1 is 1.02 bits per heavy atom. The van der Waals surface area contributed by atoms with Gasteiger partial charge in [0.2, 0.25) is 0 Å². The van der Waals surface area contributed by atoms with E-state index in [0.29, 0.717) is 44.7 Å². The van der Waals surface area contributed by atoms with Crippen molar-refractivity contribution in [1.29, 1.82) is 0 Å². The topological polar surface area (TPSA) is 106 Å². The lowest BCUT2D eigenvalue weighted by atomic mass is 10.1. The van der Waals surface area contributed by atoms with E-state index in [0.717, 1.165) is 11.3 Å². The molecule has 0 spiro atoms. The van der Waals surface area contributed by atoms with Crippen molar-refractivity contribution in [3.8, 4) is 17.2 Å². The summed E-state index contributed by atoms with van der Waals surface area (Å²) in [6.07, 6.45) is 5.10. The van der Waals surface area contributed by atoms with Gasteiger partial charge in [-0.2, -0.15) is 0 Å². The first-order valence-corrected chi connectivity index (χ1v) is 13.3. The summed E-state index contributed by atoms with van der Waals surface area (Å²) in [5, 5.41) is 13.5. The number of hydrogen-bond acceptors (Lipinski definition) is 7. The Labute approximate surface area is 235 Å². The van der Waals surface area contributed by atoms with Gasteiger partial charge in [0.25, 0.3) is 5.56 Å². The molecule has 0 atom stereocenters. The van der Waals surface area contributed by atoms with Gasteiger partial charge >= 0.3 is 5.97 Å². The summed E-state index contributed by atoms with van der Waals surface area (Å²) < 4.78 is 36.4. The number of anilines is 2. The minimum atomic E-state index is -1.05. The number of halogens is 2. The summed E-state index contributed by atoms with van der Waals surface area (Å²) >= 11 is 1.04. The van der Waals surface area contributed by atoms with Crippen LogP contribution < -0.4 is 15.6 Å². The number of aryl methyl sites for hydroxylation is 1. The highest BCUT2D eigenvalue weighted by molar-refractivity contribution is 7.21. The van der Waals surface area contributed by atoms with Gasteiger partial charge < -0.3 is 15.2 Å². The van der Waals surface area contributed by atoms with Crippen LogP contribution in [-0.4, -0.2) is 25.6 Å². The van der Waals surface area contributed by atoms with Crippen molar-refractivity contribution in [3.63, 3.8) is 0 Å². The fraction of sp³-hybridized carbons (Fsp3) is 0.0667. The number of benzene rings is 2. The molecule has 6 aromatic rings. The van der Waals surface area contributed by atoms with E-state index >= 15 is 4.39 Å². The standard InChI is InChI=1S/C30H20F2N4O4S/c1-2-20-25-27(41-26(20)30(38)39)23(10-13-33-25)40-22-8-5-18(15-21(22)32)35-28-24-16(9-12-34-28)11-14-36(29(24)37)19-6-3-17(31)4-7-19/h3-15H,2H2,1H3,(H,34,35)(H,38,39). The zero-order chi connectivity index (χ0) is 28.7. The van der Waals surface area contributed by atoms with E-state index in [4.69, 9.17) is 4.74 Å². The second-order valence-electron chi connectivity index (χ2n) is 9.02. The van der Waals surface area contributed by atoms with Crippen molar-refractivity contribution in [1.82, 2.24) is 14.5 Å². The highest BCUT2D eigenvalue weighted by atomic mass is 32.1.